The second-order valence-corrected chi connectivity index (χ2v) is 7.13. The molecule has 1 aromatic heterocycles. The van der Waals surface area contributed by atoms with Crippen LogP contribution in [0, 0.1) is 5.92 Å². The highest BCUT2D eigenvalue weighted by atomic mass is 35.5. The Morgan fingerprint density at radius 1 is 1.38 bits per heavy atom. The van der Waals surface area contributed by atoms with Crippen molar-refractivity contribution in [2.45, 2.75) is 26.7 Å². The van der Waals surface area contributed by atoms with Crippen LogP contribution in [0.2, 0.25) is 10.0 Å². The molecule has 2 aromatic rings. The number of thiazole rings is 1. The lowest BCUT2D eigenvalue weighted by Gasteiger charge is -2.02. The predicted molar refractivity (Wildman–Crippen MR) is 86.9 cm³/mol. The Balaban J connectivity index is 2.30. The van der Waals surface area contributed by atoms with E-state index in [-0.39, 0.29) is 0 Å². The van der Waals surface area contributed by atoms with E-state index in [1.807, 2.05) is 19.9 Å². The average Bonchev–Trinajstić information content (AvgIpc) is 2.75. The van der Waals surface area contributed by atoms with E-state index >= 15 is 0 Å². The summed E-state index contributed by atoms with van der Waals surface area (Å²) in [5.41, 5.74) is 1.55. The molecule has 6 heteroatoms. The van der Waals surface area contributed by atoms with Gasteiger partial charge in [0, 0.05) is 16.5 Å². The van der Waals surface area contributed by atoms with E-state index in [1.165, 1.54) is 11.3 Å². The molecule has 0 unspecified atom stereocenters. The molecule has 0 spiro atoms. The highest BCUT2D eigenvalue weighted by Gasteiger charge is 2.18. The number of carbonyl (C=O) groups is 1. The summed E-state index contributed by atoms with van der Waals surface area (Å²) in [6.07, 6.45) is 1.17. The monoisotopic (exact) mass is 343 g/mol. The number of hydrogen-bond donors (Lipinski definition) is 1. The van der Waals surface area contributed by atoms with Crippen LogP contribution in [0.25, 0.3) is 0 Å². The lowest BCUT2D eigenvalue weighted by Crippen LogP contribution is -2.02. The highest BCUT2D eigenvalue weighted by molar-refractivity contribution is 7.13. The number of aromatic carboxylic acids is 1. The molecule has 1 heterocycles. The first-order valence-corrected chi connectivity index (χ1v) is 8.10. The lowest BCUT2D eigenvalue weighted by atomic mass is 10.1. The highest BCUT2D eigenvalue weighted by Crippen LogP contribution is 2.27. The molecule has 0 aliphatic rings. The van der Waals surface area contributed by atoms with Crippen molar-refractivity contribution >= 4 is 40.5 Å². The average molecular weight is 344 g/mol. The topological polar surface area (TPSA) is 50.2 Å². The molecule has 0 saturated heterocycles. The predicted octanol–water partition coefficient (Wildman–Crippen LogP) is 4.94. The minimum absolute atomic E-state index is 0.323. The van der Waals surface area contributed by atoms with Crippen molar-refractivity contribution in [3.05, 3.63) is 49.4 Å². The number of carboxylic acids is 1. The summed E-state index contributed by atoms with van der Waals surface area (Å²) in [5.74, 6) is -0.561. The summed E-state index contributed by atoms with van der Waals surface area (Å²) in [5, 5.41) is 11.2. The Hall–Kier alpha value is -1.10. The molecule has 0 atom stereocenters. The first kappa shape index (κ1) is 16.3. The number of halogens is 2. The Kier molecular flexibility index (Phi) is 5.25. The fourth-order valence-electron chi connectivity index (χ4n) is 2.00. The standard InChI is InChI=1S/C15H15Cl2NO2S/c1-8(2)5-12-14(15(19)20)21-13(18-12)6-9-3-4-10(16)7-11(9)17/h3-4,7-8H,5-6H2,1-2H3,(H,19,20). The normalized spacial score (nSPS) is 11.1. The van der Waals surface area contributed by atoms with Crippen molar-refractivity contribution in [2.24, 2.45) is 5.92 Å². The van der Waals surface area contributed by atoms with E-state index in [2.05, 4.69) is 4.98 Å². The Morgan fingerprint density at radius 2 is 2.10 bits per heavy atom. The Morgan fingerprint density at radius 3 is 2.67 bits per heavy atom. The zero-order valence-electron chi connectivity index (χ0n) is 11.7. The third kappa shape index (κ3) is 4.19. The van der Waals surface area contributed by atoms with Gasteiger partial charge in [0.25, 0.3) is 0 Å². The van der Waals surface area contributed by atoms with Crippen LogP contribution in [0.5, 0.6) is 0 Å². The first-order chi connectivity index (χ1) is 9.86. The summed E-state index contributed by atoms with van der Waals surface area (Å²) in [6.45, 7) is 4.08. The Labute approximate surface area is 137 Å². The molecule has 0 bridgehead atoms. The Bertz CT molecular complexity index is 668. The van der Waals surface area contributed by atoms with Crippen molar-refractivity contribution in [3.8, 4) is 0 Å². The maximum atomic E-state index is 11.3. The number of benzene rings is 1. The second-order valence-electron chi connectivity index (χ2n) is 5.20. The molecule has 0 radical (unpaired) electrons. The van der Waals surface area contributed by atoms with Gasteiger partial charge >= 0.3 is 5.97 Å². The van der Waals surface area contributed by atoms with E-state index < -0.39 is 5.97 Å². The van der Waals surface area contributed by atoms with Gasteiger partial charge in [0.15, 0.2) is 0 Å². The van der Waals surface area contributed by atoms with Crippen LogP contribution in [0.3, 0.4) is 0 Å². The maximum Gasteiger partial charge on any atom is 0.347 e. The van der Waals surface area contributed by atoms with E-state index in [4.69, 9.17) is 23.2 Å². The van der Waals surface area contributed by atoms with Crippen molar-refractivity contribution < 1.29 is 9.90 Å². The van der Waals surface area contributed by atoms with Crippen molar-refractivity contribution in [3.63, 3.8) is 0 Å². The summed E-state index contributed by atoms with van der Waals surface area (Å²) >= 11 is 13.2. The molecule has 3 nitrogen and oxygen atoms in total. The van der Waals surface area contributed by atoms with Gasteiger partial charge in [-0.2, -0.15) is 0 Å². The lowest BCUT2D eigenvalue weighted by molar-refractivity contribution is 0.0700. The SMILES string of the molecule is CC(C)Cc1nc(Cc2ccc(Cl)cc2Cl)sc1C(=O)O. The molecule has 21 heavy (non-hydrogen) atoms. The van der Waals surface area contributed by atoms with Crippen LogP contribution >= 0.6 is 34.5 Å². The summed E-state index contributed by atoms with van der Waals surface area (Å²) in [7, 11) is 0. The van der Waals surface area contributed by atoms with E-state index in [1.54, 1.807) is 12.1 Å². The smallest absolute Gasteiger partial charge is 0.347 e. The quantitative estimate of drug-likeness (QED) is 0.836. The fraction of sp³-hybridized carbons (Fsp3) is 0.333. The van der Waals surface area contributed by atoms with Gasteiger partial charge in [0.2, 0.25) is 0 Å². The third-order valence-electron chi connectivity index (χ3n) is 2.89. The molecule has 0 aliphatic heterocycles. The van der Waals surface area contributed by atoms with Crippen LogP contribution in [-0.2, 0) is 12.8 Å². The molecular weight excluding hydrogens is 329 g/mol. The molecule has 112 valence electrons. The number of hydrogen-bond acceptors (Lipinski definition) is 3. The number of nitrogens with zero attached hydrogens (tertiary/aromatic N) is 1. The summed E-state index contributed by atoms with van der Waals surface area (Å²) in [4.78, 5) is 16.1. The summed E-state index contributed by atoms with van der Waals surface area (Å²) < 4.78 is 0. The molecule has 0 aliphatic carbocycles. The second kappa shape index (κ2) is 6.77. The number of rotatable bonds is 5. The maximum absolute atomic E-state index is 11.3. The number of aromatic nitrogens is 1. The van der Waals surface area contributed by atoms with Crippen LogP contribution < -0.4 is 0 Å². The van der Waals surface area contributed by atoms with Gasteiger partial charge in [-0.15, -0.1) is 11.3 Å². The zero-order valence-corrected chi connectivity index (χ0v) is 14.0. The van der Waals surface area contributed by atoms with E-state index in [0.717, 1.165) is 10.6 Å². The third-order valence-corrected chi connectivity index (χ3v) is 4.57. The molecule has 0 amide bonds. The van der Waals surface area contributed by atoms with Crippen molar-refractivity contribution in [2.75, 3.05) is 0 Å². The van der Waals surface area contributed by atoms with Gasteiger partial charge in [0.1, 0.15) is 4.88 Å². The zero-order chi connectivity index (χ0) is 15.6. The molecule has 0 fully saturated rings. The van der Waals surface area contributed by atoms with Crippen molar-refractivity contribution in [1.29, 1.82) is 0 Å². The van der Waals surface area contributed by atoms with Gasteiger partial charge in [0.05, 0.1) is 10.7 Å². The van der Waals surface area contributed by atoms with Crippen molar-refractivity contribution in [1.82, 2.24) is 4.98 Å². The van der Waals surface area contributed by atoms with Gasteiger partial charge in [-0.1, -0.05) is 43.1 Å². The van der Waals surface area contributed by atoms with E-state index in [9.17, 15) is 9.90 Å². The van der Waals surface area contributed by atoms with Crippen LogP contribution in [0.4, 0.5) is 0 Å². The van der Waals surface area contributed by atoms with Gasteiger partial charge in [-0.25, -0.2) is 9.78 Å². The van der Waals surface area contributed by atoms with Gasteiger partial charge < -0.3 is 5.11 Å². The minimum Gasteiger partial charge on any atom is -0.477 e. The van der Waals surface area contributed by atoms with Crippen LogP contribution in [0.15, 0.2) is 18.2 Å². The number of carboxylic acid groups (broad SMARTS) is 1. The van der Waals surface area contributed by atoms with Crippen LogP contribution in [0.1, 0.15) is 39.8 Å². The van der Waals surface area contributed by atoms with Gasteiger partial charge in [-0.3, -0.25) is 0 Å². The van der Waals surface area contributed by atoms with E-state index in [0.29, 0.717) is 39.4 Å². The summed E-state index contributed by atoms with van der Waals surface area (Å²) in [6, 6.07) is 5.29. The molecule has 1 N–H and O–H groups in total. The fourth-order valence-corrected chi connectivity index (χ4v) is 3.43. The molecule has 0 saturated carbocycles. The molecule has 1 aromatic carbocycles. The van der Waals surface area contributed by atoms with Gasteiger partial charge in [-0.05, 0) is 30.0 Å². The molecule has 2 rings (SSSR count). The minimum atomic E-state index is -0.920. The first-order valence-electron chi connectivity index (χ1n) is 6.52. The largest absolute Gasteiger partial charge is 0.477 e. The molecular formula is C15H15Cl2NO2S. The van der Waals surface area contributed by atoms with Crippen LogP contribution in [-0.4, -0.2) is 16.1 Å².